The maximum absolute atomic E-state index is 13.0. The predicted molar refractivity (Wildman–Crippen MR) is 92.9 cm³/mol. The zero-order chi connectivity index (χ0) is 16.9. The first-order chi connectivity index (χ1) is 11.6. The highest BCUT2D eigenvalue weighted by atomic mass is 19.1. The van der Waals surface area contributed by atoms with Crippen molar-refractivity contribution in [2.45, 2.75) is 20.0 Å². The molecule has 0 aliphatic rings. The second kappa shape index (κ2) is 7.08. The number of aromatic nitrogens is 2. The van der Waals surface area contributed by atoms with Crippen LogP contribution in [-0.2, 0) is 0 Å². The molecule has 2 aromatic carbocycles. The summed E-state index contributed by atoms with van der Waals surface area (Å²) >= 11 is 0. The Morgan fingerprint density at radius 1 is 0.958 bits per heavy atom. The van der Waals surface area contributed by atoms with Crippen molar-refractivity contribution in [3.05, 3.63) is 66.5 Å². The van der Waals surface area contributed by atoms with Crippen LogP contribution < -0.4 is 10.1 Å². The van der Waals surface area contributed by atoms with Gasteiger partial charge in [-0.2, -0.15) is 4.98 Å². The maximum atomic E-state index is 13.0. The summed E-state index contributed by atoms with van der Waals surface area (Å²) in [7, 11) is 0. The number of hydrogen-bond acceptors (Lipinski definition) is 4. The molecule has 24 heavy (non-hydrogen) atoms. The third kappa shape index (κ3) is 4.07. The van der Waals surface area contributed by atoms with Crippen LogP contribution in [0.4, 0.5) is 15.9 Å². The van der Waals surface area contributed by atoms with Crippen LogP contribution in [-0.4, -0.2) is 16.1 Å². The molecular weight excluding hydrogens is 305 g/mol. The van der Waals surface area contributed by atoms with Gasteiger partial charge in [-0.25, -0.2) is 9.37 Å². The lowest BCUT2D eigenvalue weighted by molar-refractivity contribution is 0.232. The number of ether oxygens (including phenoxy) is 1. The Morgan fingerprint density at radius 2 is 1.67 bits per heavy atom. The molecule has 1 N–H and O–H groups in total. The number of halogens is 1. The molecule has 0 unspecified atom stereocenters. The van der Waals surface area contributed by atoms with Gasteiger partial charge in [0.25, 0.3) is 0 Å². The summed E-state index contributed by atoms with van der Waals surface area (Å²) in [5.41, 5.74) is 1.64. The van der Waals surface area contributed by atoms with Gasteiger partial charge < -0.3 is 10.1 Å². The molecule has 3 aromatic rings. The zero-order valence-corrected chi connectivity index (χ0v) is 13.5. The van der Waals surface area contributed by atoms with Crippen molar-refractivity contribution < 1.29 is 9.13 Å². The fourth-order valence-corrected chi connectivity index (χ4v) is 2.19. The van der Waals surface area contributed by atoms with Crippen LogP contribution in [0.3, 0.4) is 0 Å². The van der Waals surface area contributed by atoms with E-state index in [9.17, 15) is 4.39 Å². The van der Waals surface area contributed by atoms with Crippen LogP contribution in [0.2, 0.25) is 0 Å². The van der Waals surface area contributed by atoms with Crippen molar-refractivity contribution in [2.75, 3.05) is 5.32 Å². The number of rotatable bonds is 5. The van der Waals surface area contributed by atoms with Gasteiger partial charge in [0.2, 0.25) is 5.88 Å². The third-order valence-electron chi connectivity index (χ3n) is 3.21. The number of hydrogen-bond donors (Lipinski definition) is 1. The molecule has 0 atom stereocenters. The Kier molecular flexibility index (Phi) is 4.70. The van der Waals surface area contributed by atoms with Gasteiger partial charge >= 0.3 is 0 Å². The predicted octanol–water partition coefficient (Wildman–Crippen LogP) is 4.81. The summed E-state index contributed by atoms with van der Waals surface area (Å²) in [5.74, 6) is 1.37. The van der Waals surface area contributed by atoms with E-state index in [1.54, 1.807) is 18.2 Å². The fraction of sp³-hybridized carbons (Fsp3) is 0.158. The molecule has 0 radical (unpaired) electrons. The first-order valence-corrected chi connectivity index (χ1v) is 7.74. The smallest absolute Gasteiger partial charge is 0.219 e. The van der Waals surface area contributed by atoms with E-state index >= 15 is 0 Å². The normalized spacial score (nSPS) is 10.7. The Morgan fingerprint density at radius 3 is 2.33 bits per heavy atom. The zero-order valence-electron chi connectivity index (χ0n) is 13.5. The van der Waals surface area contributed by atoms with Crippen molar-refractivity contribution in [2.24, 2.45) is 0 Å². The van der Waals surface area contributed by atoms with E-state index in [0.29, 0.717) is 17.5 Å². The Balaban J connectivity index is 1.96. The van der Waals surface area contributed by atoms with Crippen LogP contribution in [0.1, 0.15) is 13.8 Å². The number of anilines is 2. The maximum Gasteiger partial charge on any atom is 0.219 e. The molecular formula is C19H18FN3O. The van der Waals surface area contributed by atoms with Gasteiger partial charge in [-0.05, 0) is 38.1 Å². The Labute approximate surface area is 140 Å². The average Bonchev–Trinajstić information content (AvgIpc) is 2.57. The standard InChI is InChI=1S/C19H18FN3O/c1-13(2)24-18-12-17(21-16-10-8-15(20)9-11-16)22-19(23-18)14-6-4-3-5-7-14/h3-13H,1-2H3,(H,21,22,23). The first-order valence-electron chi connectivity index (χ1n) is 7.74. The highest BCUT2D eigenvalue weighted by Gasteiger charge is 2.09. The van der Waals surface area contributed by atoms with Gasteiger partial charge in [0.05, 0.1) is 6.10 Å². The molecule has 0 saturated carbocycles. The fourth-order valence-electron chi connectivity index (χ4n) is 2.19. The molecule has 0 fully saturated rings. The lowest BCUT2D eigenvalue weighted by atomic mass is 10.2. The summed E-state index contributed by atoms with van der Waals surface area (Å²) < 4.78 is 18.8. The van der Waals surface area contributed by atoms with Crippen LogP contribution in [0.25, 0.3) is 11.4 Å². The number of nitrogens with one attached hydrogen (secondary N) is 1. The van der Waals surface area contributed by atoms with Crippen molar-refractivity contribution in [3.8, 4) is 17.3 Å². The second-order valence-corrected chi connectivity index (χ2v) is 5.58. The van der Waals surface area contributed by atoms with E-state index in [0.717, 1.165) is 11.3 Å². The molecule has 1 heterocycles. The second-order valence-electron chi connectivity index (χ2n) is 5.58. The molecule has 4 nitrogen and oxygen atoms in total. The topological polar surface area (TPSA) is 47.0 Å². The third-order valence-corrected chi connectivity index (χ3v) is 3.21. The van der Waals surface area contributed by atoms with E-state index in [-0.39, 0.29) is 11.9 Å². The van der Waals surface area contributed by atoms with Gasteiger partial charge in [-0.1, -0.05) is 30.3 Å². The van der Waals surface area contributed by atoms with Crippen molar-refractivity contribution >= 4 is 11.5 Å². The van der Waals surface area contributed by atoms with Crippen LogP contribution >= 0.6 is 0 Å². The lowest BCUT2D eigenvalue weighted by Gasteiger charge is -2.13. The molecule has 0 aliphatic carbocycles. The Hall–Kier alpha value is -2.95. The quantitative estimate of drug-likeness (QED) is 0.731. The summed E-state index contributed by atoms with van der Waals surface area (Å²) in [6.07, 6.45) is 0.00203. The molecule has 0 amide bonds. The molecule has 122 valence electrons. The first kappa shape index (κ1) is 15.9. The summed E-state index contributed by atoms with van der Waals surface area (Å²) in [5, 5.41) is 3.16. The van der Waals surface area contributed by atoms with Crippen LogP contribution in [0.5, 0.6) is 5.88 Å². The van der Waals surface area contributed by atoms with Crippen molar-refractivity contribution in [3.63, 3.8) is 0 Å². The van der Waals surface area contributed by atoms with E-state index in [2.05, 4.69) is 15.3 Å². The van der Waals surface area contributed by atoms with Crippen LogP contribution in [0.15, 0.2) is 60.7 Å². The van der Waals surface area contributed by atoms with Crippen molar-refractivity contribution in [1.82, 2.24) is 9.97 Å². The minimum Gasteiger partial charge on any atom is -0.475 e. The van der Waals surface area contributed by atoms with Gasteiger partial charge in [0.15, 0.2) is 5.82 Å². The highest BCUT2D eigenvalue weighted by molar-refractivity contribution is 5.62. The van der Waals surface area contributed by atoms with E-state index < -0.39 is 0 Å². The highest BCUT2D eigenvalue weighted by Crippen LogP contribution is 2.24. The van der Waals surface area contributed by atoms with Gasteiger partial charge in [-0.15, -0.1) is 0 Å². The number of nitrogens with zero attached hydrogens (tertiary/aromatic N) is 2. The van der Waals surface area contributed by atoms with Crippen molar-refractivity contribution in [1.29, 1.82) is 0 Å². The molecule has 0 bridgehead atoms. The molecule has 3 rings (SSSR count). The van der Waals surface area contributed by atoms with E-state index in [4.69, 9.17) is 4.74 Å². The molecule has 0 saturated heterocycles. The average molecular weight is 323 g/mol. The SMILES string of the molecule is CC(C)Oc1cc(Nc2ccc(F)cc2)nc(-c2ccccc2)n1. The summed E-state index contributed by atoms with van der Waals surface area (Å²) in [6.45, 7) is 3.88. The monoisotopic (exact) mass is 323 g/mol. The molecule has 1 aromatic heterocycles. The van der Waals surface area contributed by atoms with Gasteiger partial charge in [0.1, 0.15) is 11.6 Å². The van der Waals surface area contributed by atoms with Gasteiger partial charge in [-0.3, -0.25) is 0 Å². The lowest BCUT2D eigenvalue weighted by Crippen LogP contribution is -2.08. The minimum absolute atomic E-state index is 0.00203. The Bertz CT molecular complexity index is 805. The summed E-state index contributed by atoms with van der Waals surface area (Å²) in [6, 6.07) is 17.5. The largest absolute Gasteiger partial charge is 0.475 e. The molecule has 0 spiro atoms. The molecule has 5 heteroatoms. The van der Waals surface area contributed by atoms with Gasteiger partial charge in [0, 0.05) is 17.3 Å². The minimum atomic E-state index is -0.281. The summed E-state index contributed by atoms with van der Waals surface area (Å²) in [4.78, 5) is 9.00. The van der Waals surface area contributed by atoms with Crippen LogP contribution in [0, 0.1) is 5.82 Å². The molecule has 0 aliphatic heterocycles. The van der Waals surface area contributed by atoms with E-state index in [1.165, 1.54) is 12.1 Å². The number of benzene rings is 2. The van der Waals surface area contributed by atoms with E-state index in [1.807, 2.05) is 44.2 Å².